The van der Waals surface area contributed by atoms with E-state index in [0.717, 1.165) is 0 Å². The molecule has 0 saturated heterocycles. The molecule has 0 spiro atoms. The van der Waals surface area contributed by atoms with Crippen LogP contribution in [0.5, 0.6) is 5.75 Å². The predicted molar refractivity (Wildman–Crippen MR) is 89.2 cm³/mol. The Labute approximate surface area is 140 Å². The van der Waals surface area contributed by atoms with Gasteiger partial charge in [0.15, 0.2) is 12.1 Å². The number of hydrogen-bond donors (Lipinski definition) is 2. The fourth-order valence-electron chi connectivity index (χ4n) is 2.09. The molecular formula is C17H19O6P. The van der Waals surface area contributed by atoms with Crippen LogP contribution in [0.4, 0.5) is 0 Å². The first kappa shape index (κ1) is 18.4. The molecule has 0 radical (unpaired) electrons. The highest BCUT2D eigenvalue weighted by Gasteiger charge is 2.15. The minimum absolute atomic E-state index is 0.177. The van der Waals surface area contributed by atoms with Crippen molar-refractivity contribution in [3.05, 3.63) is 65.2 Å². The van der Waals surface area contributed by atoms with Gasteiger partial charge in [0.2, 0.25) is 0 Å². The monoisotopic (exact) mass is 350 g/mol. The Morgan fingerprint density at radius 2 is 1.54 bits per heavy atom. The highest BCUT2D eigenvalue weighted by Crippen LogP contribution is 2.38. The topological polar surface area (TPSA) is 93.1 Å². The summed E-state index contributed by atoms with van der Waals surface area (Å²) in [5.74, 6) is 0.418. The Bertz CT molecular complexity index is 733. The number of rotatable bonds is 7. The van der Waals surface area contributed by atoms with Gasteiger partial charge >= 0.3 is 7.60 Å². The minimum Gasteiger partial charge on any atom is -0.465 e. The van der Waals surface area contributed by atoms with Gasteiger partial charge in [-0.1, -0.05) is 24.3 Å². The van der Waals surface area contributed by atoms with Gasteiger partial charge in [-0.2, -0.15) is 0 Å². The van der Waals surface area contributed by atoms with Gasteiger partial charge in [0.25, 0.3) is 0 Å². The Morgan fingerprint density at radius 3 is 2.00 bits per heavy atom. The lowest BCUT2D eigenvalue weighted by atomic mass is 10.0. The molecule has 0 saturated carbocycles. The fourth-order valence-corrected chi connectivity index (χ4v) is 2.78. The SMILES string of the molecule is COC(C)Oc1ccc(C(=O)c2ccc(CP(=O)(O)O)cc2)cc1. The van der Waals surface area contributed by atoms with Crippen LogP contribution in [-0.2, 0) is 15.5 Å². The number of benzene rings is 2. The molecule has 2 rings (SSSR count). The van der Waals surface area contributed by atoms with Crippen LogP contribution in [0.25, 0.3) is 0 Å². The molecule has 128 valence electrons. The summed E-state index contributed by atoms with van der Waals surface area (Å²) < 4.78 is 21.4. The Kier molecular flexibility index (Phi) is 5.91. The molecule has 1 atom stereocenters. The molecule has 2 N–H and O–H groups in total. The highest BCUT2D eigenvalue weighted by molar-refractivity contribution is 7.50. The first-order valence-corrected chi connectivity index (χ1v) is 9.06. The number of ketones is 1. The van der Waals surface area contributed by atoms with Gasteiger partial charge in [0.05, 0.1) is 6.16 Å². The number of carbonyl (C=O) groups excluding carboxylic acids is 1. The summed E-state index contributed by atoms with van der Waals surface area (Å²) in [5, 5.41) is 0. The highest BCUT2D eigenvalue weighted by atomic mass is 31.2. The molecule has 0 fully saturated rings. The summed E-state index contributed by atoms with van der Waals surface area (Å²) in [4.78, 5) is 30.3. The molecule has 0 amide bonds. The molecule has 0 aliphatic heterocycles. The molecule has 0 heterocycles. The summed E-state index contributed by atoms with van der Waals surface area (Å²) in [6.07, 6.45) is -0.723. The normalized spacial score (nSPS) is 12.7. The van der Waals surface area contributed by atoms with Crippen LogP contribution in [0.15, 0.2) is 48.5 Å². The van der Waals surface area contributed by atoms with Crippen molar-refractivity contribution in [2.24, 2.45) is 0 Å². The van der Waals surface area contributed by atoms with Gasteiger partial charge in [-0.25, -0.2) is 0 Å². The van der Waals surface area contributed by atoms with Gasteiger partial charge in [0.1, 0.15) is 5.75 Å². The lowest BCUT2D eigenvalue weighted by molar-refractivity contribution is -0.0382. The maximum Gasteiger partial charge on any atom is 0.329 e. The second-order valence-electron chi connectivity index (χ2n) is 5.29. The van der Waals surface area contributed by atoms with Crippen LogP contribution < -0.4 is 4.74 Å². The lowest BCUT2D eigenvalue weighted by Gasteiger charge is -2.12. The van der Waals surface area contributed by atoms with E-state index in [4.69, 9.17) is 19.3 Å². The zero-order valence-electron chi connectivity index (χ0n) is 13.4. The average Bonchev–Trinajstić information content (AvgIpc) is 2.54. The van der Waals surface area contributed by atoms with Crippen LogP contribution in [0.3, 0.4) is 0 Å². The predicted octanol–water partition coefficient (Wildman–Crippen LogP) is 2.97. The van der Waals surface area contributed by atoms with Crippen LogP contribution in [0.1, 0.15) is 28.4 Å². The van der Waals surface area contributed by atoms with E-state index in [0.29, 0.717) is 22.4 Å². The van der Waals surface area contributed by atoms with Crippen molar-refractivity contribution in [3.8, 4) is 5.75 Å². The lowest BCUT2D eigenvalue weighted by Crippen LogP contribution is -2.13. The van der Waals surface area contributed by atoms with E-state index in [-0.39, 0.29) is 18.2 Å². The summed E-state index contributed by atoms with van der Waals surface area (Å²) in [7, 11) is -2.57. The Hall–Kier alpha value is -1.98. The van der Waals surface area contributed by atoms with Gasteiger partial charge in [-0.05, 0) is 36.8 Å². The van der Waals surface area contributed by atoms with Crippen molar-refractivity contribution in [3.63, 3.8) is 0 Å². The molecule has 1 unspecified atom stereocenters. The number of hydrogen-bond acceptors (Lipinski definition) is 4. The molecule has 0 bridgehead atoms. The third-order valence-corrected chi connectivity index (χ3v) is 4.13. The van der Waals surface area contributed by atoms with E-state index in [2.05, 4.69) is 0 Å². The van der Waals surface area contributed by atoms with Crippen LogP contribution >= 0.6 is 7.60 Å². The molecule has 6 nitrogen and oxygen atoms in total. The number of ether oxygens (including phenoxy) is 2. The Morgan fingerprint density at radius 1 is 1.04 bits per heavy atom. The number of methoxy groups -OCH3 is 1. The van der Waals surface area contributed by atoms with Gasteiger partial charge in [0, 0.05) is 18.2 Å². The average molecular weight is 350 g/mol. The second kappa shape index (κ2) is 7.73. The standard InChI is InChI=1S/C17H19O6P/c1-12(22-2)23-16-9-7-15(8-10-16)17(18)14-5-3-13(4-6-14)11-24(19,20)21/h3-10,12H,11H2,1-2H3,(H2,19,20,21). The van der Waals surface area contributed by atoms with Crippen LogP contribution in [0, 0.1) is 0 Å². The second-order valence-corrected chi connectivity index (χ2v) is 6.94. The van der Waals surface area contributed by atoms with E-state index in [9.17, 15) is 9.36 Å². The first-order chi connectivity index (χ1) is 11.3. The largest absolute Gasteiger partial charge is 0.465 e. The van der Waals surface area contributed by atoms with Crippen LogP contribution in [-0.4, -0.2) is 29.0 Å². The summed E-state index contributed by atoms with van der Waals surface area (Å²) in [5.41, 5.74) is 1.43. The molecule has 0 aliphatic rings. The molecule has 0 aromatic heterocycles. The third-order valence-electron chi connectivity index (χ3n) is 3.36. The van der Waals surface area contributed by atoms with Crippen molar-refractivity contribution in [2.45, 2.75) is 19.4 Å². The minimum atomic E-state index is -4.11. The van der Waals surface area contributed by atoms with Crippen molar-refractivity contribution >= 4 is 13.4 Å². The maximum atomic E-state index is 12.4. The molecular weight excluding hydrogens is 331 g/mol. The van der Waals surface area contributed by atoms with E-state index in [1.54, 1.807) is 62.6 Å². The molecule has 2 aromatic carbocycles. The molecule has 24 heavy (non-hydrogen) atoms. The van der Waals surface area contributed by atoms with Crippen molar-refractivity contribution in [1.29, 1.82) is 0 Å². The van der Waals surface area contributed by atoms with Crippen molar-refractivity contribution < 1.29 is 28.6 Å². The van der Waals surface area contributed by atoms with E-state index in [1.807, 2.05) is 0 Å². The number of carbonyl (C=O) groups is 1. The smallest absolute Gasteiger partial charge is 0.329 e. The van der Waals surface area contributed by atoms with E-state index < -0.39 is 7.60 Å². The van der Waals surface area contributed by atoms with Crippen molar-refractivity contribution in [2.75, 3.05) is 7.11 Å². The summed E-state index contributed by atoms with van der Waals surface area (Å²) >= 11 is 0. The zero-order valence-corrected chi connectivity index (χ0v) is 14.3. The van der Waals surface area contributed by atoms with Gasteiger partial charge in [-0.3, -0.25) is 9.36 Å². The van der Waals surface area contributed by atoms with Crippen molar-refractivity contribution in [1.82, 2.24) is 0 Å². The van der Waals surface area contributed by atoms with E-state index in [1.165, 1.54) is 0 Å². The summed E-state index contributed by atoms with van der Waals surface area (Å²) in [6.45, 7) is 1.76. The third kappa shape index (κ3) is 5.28. The van der Waals surface area contributed by atoms with Crippen LogP contribution in [0.2, 0.25) is 0 Å². The van der Waals surface area contributed by atoms with Gasteiger partial charge in [-0.15, -0.1) is 0 Å². The quantitative estimate of drug-likeness (QED) is 0.453. The summed E-state index contributed by atoms with van der Waals surface area (Å²) in [6, 6.07) is 12.9. The maximum absolute atomic E-state index is 12.4. The first-order valence-electron chi connectivity index (χ1n) is 7.26. The molecule has 0 aliphatic carbocycles. The molecule has 7 heteroatoms. The zero-order chi connectivity index (χ0) is 17.7. The van der Waals surface area contributed by atoms with Gasteiger partial charge < -0.3 is 19.3 Å². The molecule has 2 aromatic rings. The fraction of sp³-hybridized carbons (Fsp3) is 0.235. The Balaban J connectivity index is 2.09. The van der Waals surface area contributed by atoms with E-state index >= 15 is 0 Å².